The minimum atomic E-state index is -3.41. The van der Waals surface area contributed by atoms with Crippen molar-refractivity contribution in [2.45, 2.75) is 4.21 Å². The van der Waals surface area contributed by atoms with Gasteiger partial charge in [0.2, 0.25) is 10.0 Å². The topological polar surface area (TPSA) is 55.4 Å². The summed E-state index contributed by atoms with van der Waals surface area (Å²) < 4.78 is 31.7. The molecule has 0 saturated carbocycles. The van der Waals surface area contributed by atoms with Gasteiger partial charge in [-0.25, -0.2) is 13.1 Å². The predicted octanol–water partition coefficient (Wildman–Crippen LogP) is 2.76. The van der Waals surface area contributed by atoms with Gasteiger partial charge in [-0.2, -0.15) is 0 Å². The molecule has 0 fully saturated rings. The summed E-state index contributed by atoms with van der Waals surface area (Å²) in [5, 5.41) is 2.35. The van der Waals surface area contributed by atoms with Crippen molar-refractivity contribution in [2.24, 2.45) is 0 Å². The predicted molar refractivity (Wildman–Crippen MR) is 76.5 cm³/mol. The highest BCUT2D eigenvalue weighted by Gasteiger charge is 2.13. The second kappa shape index (κ2) is 6.38. The molecular weight excluding hydrogens is 306 g/mol. The zero-order chi connectivity index (χ0) is 13.7. The quantitative estimate of drug-likeness (QED) is 0.833. The fourth-order valence-corrected chi connectivity index (χ4v) is 3.54. The summed E-state index contributed by atoms with van der Waals surface area (Å²) in [4.78, 5) is 0. The molecular formula is C12H12ClNO3S2. The smallest absolute Gasteiger partial charge is 0.250 e. The van der Waals surface area contributed by atoms with Gasteiger partial charge in [0.15, 0.2) is 0 Å². The van der Waals surface area contributed by atoms with Crippen LogP contribution in [-0.4, -0.2) is 21.6 Å². The van der Waals surface area contributed by atoms with Crippen molar-refractivity contribution < 1.29 is 13.2 Å². The average Bonchev–Trinajstić information content (AvgIpc) is 2.91. The molecule has 4 nitrogen and oxygen atoms in total. The van der Waals surface area contributed by atoms with Crippen molar-refractivity contribution in [1.29, 1.82) is 0 Å². The van der Waals surface area contributed by atoms with Crippen molar-refractivity contribution in [3.8, 4) is 5.75 Å². The second-order valence-electron chi connectivity index (χ2n) is 3.63. The summed E-state index contributed by atoms with van der Waals surface area (Å²) in [6.07, 6.45) is 0. The van der Waals surface area contributed by atoms with Crippen molar-refractivity contribution in [3.05, 3.63) is 46.8 Å². The molecule has 2 rings (SSSR count). The zero-order valence-corrected chi connectivity index (χ0v) is 12.3. The van der Waals surface area contributed by atoms with E-state index in [1.165, 1.54) is 11.3 Å². The van der Waals surface area contributed by atoms with Crippen molar-refractivity contribution in [2.75, 3.05) is 13.2 Å². The first kappa shape index (κ1) is 14.3. The van der Waals surface area contributed by atoms with E-state index >= 15 is 0 Å². The van der Waals surface area contributed by atoms with Crippen LogP contribution in [0.1, 0.15) is 0 Å². The van der Waals surface area contributed by atoms with Crippen LogP contribution >= 0.6 is 22.9 Å². The summed E-state index contributed by atoms with van der Waals surface area (Å²) >= 11 is 6.92. The van der Waals surface area contributed by atoms with E-state index in [0.717, 1.165) is 0 Å². The molecule has 0 aliphatic heterocycles. The maximum Gasteiger partial charge on any atom is 0.250 e. The van der Waals surface area contributed by atoms with Gasteiger partial charge in [0.05, 0.1) is 0 Å². The van der Waals surface area contributed by atoms with Crippen LogP contribution in [-0.2, 0) is 10.0 Å². The SMILES string of the molecule is O=S(=O)(NCCOc1ccc(Cl)cc1)c1cccs1. The highest BCUT2D eigenvalue weighted by Crippen LogP contribution is 2.16. The molecule has 1 aromatic carbocycles. The number of sulfonamides is 1. The van der Waals surface area contributed by atoms with Crippen LogP contribution in [0.2, 0.25) is 5.02 Å². The van der Waals surface area contributed by atoms with Gasteiger partial charge in [0.25, 0.3) is 0 Å². The lowest BCUT2D eigenvalue weighted by Gasteiger charge is -2.07. The third kappa shape index (κ3) is 4.21. The molecule has 0 aliphatic carbocycles. The number of hydrogen-bond acceptors (Lipinski definition) is 4. The number of benzene rings is 1. The van der Waals surface area contributed by atoms with Crippen molar-refractivity contribution in [1.82, 2.24) is 4.72 Å². The van der Waals surface area contributed by atoms with Crippen LogP contribution in [0.3, 0.4) is 0 Å². The number of rotatable bonds is 6. The summed E-state index contributed by atoms with van der Waals surface area (Å²) in [5.41, 5.74) is 0. The summed E-state index contributed by atoms with van der Waals surface area (Å²) in [7, 11) is -3.41. The standard InChI is InChI=1S/C12H12ClNO3S2/c13-10-3-5-11(6-4-10)17-8-7-14-19(15,16)12-2-1-9-18-12/h1-6,9,14H,7-8H2. The van der Waals surface area contributed by atoms with Crippen LogP contribution in [0.5, 0.6) is 5.75 Å². The van der Waals surface area contributed by atoms with E-state index < -0.39 is 10.0 Å². The van der Waals surface area contributed by atoms with Crippen molar-refractivity contribution in [3.63, 3.8) is 0 Å². The highest BCUT2D eigenvalue weighted by molar-refractivity contribution is 7.91. The van der Waals surface area contributed by atoms with E-state index in [1.807, 2.05) is 0 Å². The Morgan fingerprint density at radius 1 is 1.21 bits per heavy atom. The molecule has 19 heavy (non-hydrogen) atoms. The number of ether oxygens (including phenoxy) is 1. The average molecular weight is 318 g/mol. The van der Waals surface area contributed by atoms with Crippen LogP contribution < -0.4 is 9.46 Å². The van der Waals surface area contributed by atoms with Gasteiger partial charge in [-0.3, -0.25) is 0 Å². The molecule has 0 bridgehead atoms. The van der Waals surface area contributed by atoms with Gasteiger partial charge in [-0.15, -0.1) is 11.3 Å². The first-order valence-corrected chi connectivity index (χ1v) is 8.23. The molecule has 0 aliphatic rings. The lowest BCUT2D eigenvalue weighted by atomic mass is 10.3. The Labute approximate surface area is 121 Å². The highest BCUT2D eigenvalue weighted by atomic mass is 35.5. The van der Waals surface area contributed by atoms with Gasteiger partial charge in [-0.1, -0.05) is 17.7 Å². The summed E-state index contributed by atoms with van der Waals surface area (Å²) in [6, 6.07) is 10.2. The van der Waals surface area contributed by atoms with Crippen LogP contribution in [0.4, 0.5) is 0 Å². The minimum absolute atomic E-state index is 0.211. The minimum Gasteiger partial charge on any atom is -0.492 e. The van der Waals surface area contributed by atoms with Crippen LogP contribution in [0, 0.1) is 0 Å². The number of halogens is 1. The Morgan fingerprint density at radius 3 is 2.58 bits per heavy atom. The lowest BCUT2D eigenvalue weighted by Crippen LogP contribution is -2.27. The third-order valence-corrected chi connectivity index (χ3v) is 5.35. The monoisotopic (exact) mass is 317 g/mol. The summed E-state index contributed by atoms with van der Waals surface area (Å²) in [5.74, 6) is 0.653. The summed E-state index contributed by atoms with van der Waals surface area (Å²) in [6.45, 7) is 0.467. The number of nitrogens with one attached hydrogen (secondary N) is 1. The van der Waals surface area contributed by atoms with E-state index in [2.05, 4.69) is 4.72 Å². The molecule has 1 N–H and O–H groups in total. The van der Waals surface area contributed by atoms with E-state index in [0.29, 0.717) is 15.0 Å². The van der Waals surface area contributed by atoms with Gasteiger partial charge in [0, 0.05) is 11.6 Å². The second-order valence-corrected chi connectivity index (χ2v) is 7.01. The molecule has 0 saturated heterocycles. The van der Waals surface area contributed by atoms with Gasteiger partial charge >= 0.3 is 0 Å². The van der Waals surface area contributed by atoms with E-state index in [1.54, 1.807) is 41.8 Å². The first-order valence-electron chi connectivity index (χ1n) is 5.49. The Hall–Kier alpha value is -1.08. The molecule has 1 heterocycles. The Bertz CT molecular complexity index is 609. The maximum atomic E-state index is 11.8. The fourth-order valence-electron chi connectivity index (χ4n) is 1.36. The van der Waals surface area contributed by atoms with Gasteiger partial charge in [0.1, 0.15) is 16.6 Å². The Morgan fingerprint density at radius 2 is 1.95 bits per heavy atom. The Kier molecular flexibility index (Phi) is 4.81. The molecule has 0 atom stereocenters. The molecule has 0 spiro atoms. The number of thiophene rings is 1. The van der Waals surface area contributed by atoms with Gasteiger partial charge < -0.3 is 4.74 Å². The normalized spacial score (nSPS) is 11.4. The van der Waals surface area contributed by atoms with E-state index in [-0.39, 0.29) is 13.2 Å². The zero-order valence-electron chi connectivity index (χ0n) is 9.87. The molecule has 2 aromatic rings. The van der Waals surface area contributed by atoms with Crippen LogP contribution in [0.15, 0.2) is 46.0 Å². The largest absolute Gasteiger partial charge is 0.492 e. The Balaban J connectivity index is 1.80. The van der Waals surface area contributed by atoms with E-state index in [9.17, 15) is 8.42 Å². The van der Waals surface area contributed by atoms with Crippen molar-refractivity contribution >= 4 is 33.0 Å². The lowest BCUT2D eigenvalue weighted by molar-refractivity contribution is 0.323. The van der Waals surface area contributed by atoms with Crippen LogP contribution in [0.25, 0.3) is 0 Å². The molecule has 1 aromatic heterocycles. The molecule has 7 heteroatoms. The molecule has 0 radical (unpaired) electrons. The van der Waals surface area contributed by atoms with E-state index in [4.69, 9.17) is 16.3 Å². The molecule has 0 unspecified atom stereocenters. The number of hydrogen-bond donors (Lipinski definition) is 1. The molecule has 0 amide bonds. The fraction of sp³-hybridized carbons (Fsp3) is 0.167. The molecule has 102 valence electrons. The first-order chi connectivity index (χ1) is 9.08. The third-order valence-electron chi connectivity index (χ3n) is 2.24. The maximum absolute atomic E-state index is 11.8. The van der Waals surface area contributed by atoms with Gasteiger partial charge in [-0.05, 0) is 35.7 Å².